The Bertz CT molecular complexity index is 375. The Morgan fingerprint density at radius 2 is 2.00 bits per heavy atom. The number of rotatable bonds is 7. The summed E-state index contributed by atoms with van der Waals surface area (Å²) in [6.07, 6.45) is 5.20. The van der Waals surface area contributed by atoms with Crippen LogP contribution < -0.4 is 5.32 Å². The average molecular weight is 340 g/mol. The summed E-state index contributed by atoms with van der Waals surface area (Å²) >= 11 is 0. The number of hydrogen-bond acceptors (Lipinski definition) is 4. The van der Waals surface area contributed by atoms with E-state index in [0.29, 0.717) is 30.1 Å². The lowest BCUT2D eigenvalue weighted by Gasteiger charge is -2.35. The van der Waals surface area contributed by atoms with E-state index in [2.05, 4.69) is 17.1 Å². The van der Waals surface area contributed by atoms with E-state index >= 15 is 0 Å². The minimum atomic E-state index is -0.249. The Balaban J connectivity index is 1.68. The molecule has 2 heterocycles. The molecule has 5 nitrogen and oxygen atoms in total. The van der Waals surface area contributed by atoms with E-state index in [-0.39, 0.29) is 6.10 Å². The van der Waals surface area contributed by atoms with Gasteiger partial charge in [-0.1, -0.05) is 6.92 Å². The van der Waals surface area contributed by atoms with E-state index in [1.807, 2.05) is 18.9 Å². The summed E-state index contributed by atoms with van der Waals surface area (Å²) in [5.41, 5.74) is 0. The van der Waals surface area contributed by atoms with Gasteiger partial charge >= 0.3 is 0 Å². The highest BCUT2D eigenvalue weighted by atomic mass is 16.3. The molecule has 2 aliphatic rings. The van der Waals surface area contributed by atoms with Crippen LogP contribution in [0, 0.1) is 17.8 Å². The largest absolute Gasteiger partial charge is 0.392 e. The number of aliphatic hydroxyl groups is 1. The monoisotopic (exact) mass is 339 g/mol. The van der Waals surface area contributed by atoms with Gasteiger partial charge in [0.05, 0.1) is 6.10 Å². The van der Waals surface area contributed by atoms with E-state index in [1.54, 1.807) is 0 Å². The Morgan fingerprint density at radius 3 is 2.58 bits per heavy atom. The molecule has 2 rings (SSSR count). The first-order valence-electron chi connectivity index (χ1n) is 9.80. The number of nitrogens with zero attached hydrogens (tertiary/aromatic N) is 2. The average Bonchev–Trinajstić information content (AvgIpc) is 2.56. The van der Waals surface area contributed by atoms with Crippen molar-refractivity contribution in [3.63, 3.8) is 0 Å². The summed E-state index contributed by atoms with van der Waals surface area (Å²) in [6, 6.07) is 0. The molecule has 2 aliphatic heterocycles. The van der Waals surface area contributed by atoms with Gasteiger partial charge in [-0.05, 0) is 76.5 Å². The molecular formula is C19H37N3O2. The highest BCUT2D eigenvalue weighted by Gasteiger charge is 2.26. The van der Waals surface area contributed by atoms with Crippen molar-refractivity contribution >= 4 is 5.91 Å². The zero-order valence-corrected chi connectivity index (χ0v) is 15.8. The first-order valence-corrected chi connectivity index (χ1v) is 9.80. The van der Waals surface area contributed by atoms with Gasteiger partial charge in [-0.3, -0.25) is 4.79 Å². The molecule has 2 fully saturated rings. The van der Waals surface area contributed by atoms with Gasteiger partial charge in [-0.25, -0.2) is 0 Å². The number of carbonyl (C=O) groups is 1. The molecule has 2 N–H and O–H groups in total. The quantitative estimate of drug-likeness (QED) is 0.739. The summed E-state index contributed by atoms with van der Waals surface area (Å²) in [7, 11) is 1.97. The number of hydrogen-bond donors (Lipinski definition) is 2. The van der Waals surface area contributed by atoms with Crippen molar-refractivity contribution in [3.8, 4) is 0 Å². The van der Waals surface area contributed by atoms with Gasteiger partial charge in [-0.2, -0.15) is 0 Å². The molecule has 1 amide bonds. The number of aliphatic hydroxyl groups excluding tert-OH is 1. The Morgan fingerprint density at radius 1 is 1.29 bits per heavy atom. The maximum absolute atomic E-state index is 12.5. The molecule has 0 bridgehead atoms. The molecular weight excluding hydrogens is 302 g/mol. The molecule has 0 aromatic carbocycles. The molecule has 5 heteroatoms. The van der Waals surface area contributed by atoms with Crippen molar-refractivity contribution in [1.82, 2.24) is 15.1 Å². The van der Waals surface area contributed by atoms with Crippen LogP contribution in [0.1, 0.15) is 46.0 Å². The van der Waals surface area contributed by atoms with E-state index in [9.17, 15) is 9.90 Å². The molecule has 3 atom stereocenters. The number of β-amino-alcohol motifs (C(OH)–C–C–N with tert-alkyl or cyclic N) is 1. The van der Waals surface area contributed by atoms with Crippen LogP contribution >= 0.6 is 0 Å². The van der Waals surface area contributed by atoms with E-state index in [0.717, 1.165) is 52.1 Å². The number of nitrogens with one attached hydrogen (secondary N) is 1. The lowest BCUT2D eigenvalue weighted by molar-refractivity contribution is -0.132. The second kappa shape index (κ2) is 9.73. The number of likely N-dealkylation sites (tertiary alicyclic amines) is 1. The number of carbonyl (C=O) groups excluding carboxylic acids is 1. The third kappa shape index (κ3) is 6.34. The van der Waals surface area contributed by atoms with E-state index < -0.39 is 0 Å². The van der Waals surface area contributed by atoms with Crippen molar-refractivity contribution in [2.24, 2.45) is 17.8 Å². The molecule has 0 saturated carbocycles. The molecule has 0 aromatic heterocycles. The van der Waals surface area contributed by atoms with Crippen molar-refractivity contribution < 1.29 is 9.90 Å². The van der Waals surface area contributed by atoms with Gasteiger partial charge in [0.25, 0.3) is 0 Å². The minimum absolute atomic E-state index is 0.249. The van der Waals surface area contributed by atoms with Crippen molar-refractivity contribution in [2.45, 2.75) is 52.1 Å². The number of amides is 1. The van der Waals surface area contributed by atoms with Gasteiger partial charge < -0.3 is 20.2 Å². The summed E-state index contributed by atoms with van der Waals surface area (Å²) in [5.74, 6) is 2.04. The second-order valence-electron chi connectivity index (χ2n) is 8.16. The number of piperidine rings is 2. The van der Waals surface area contributed by atoms with Crippen LogP contribution in [0.15, 0.2) is 0 Å². The van der Waals surface area contributed by atoms with Crippen LogP contribution in [0.5, 0.6) is 0 Å². The lowest BCUT2D eigenvalue weighted by atomic mass is 9.85. The first-order chi connectivity index (χ1) is 11.5. The van der Waals surface area contributed by atoms with Gasteiger partial charge in [0, 0.05) is 26.6 Å². The molecule has 3 unspecified atom stereocenters. The third-order valence-electron chi connectivity index (χ3n) is 5.82. The summed E-state index contributed by atoms with van der Waals surface area (Å²) in [4.78, 5) is 16.8. The van der Waals surface area contributed by atoms with Crippen molar-refractivity contribution in [1.29, 1.82) is 0 Å². The van der Waals surface area contributed by atoms with Crippen LogP contribution in [-0.2, 0) is 4.79 Å². The predicted octanol–water partition coefficient (Wildman–Crippen LogP) is 1.56. The van der Waals surface area contributed by atoms with Crippen LogP contribution in [-0.4, -0.2) is 73.2 Å². The van der Waals surface area contributed by atoms with Crippen LogP contribution in [0.3, 0.4) is 0 Å². The molecule has 0 spiro atoms. The highest BCUT2D eigenvalue weighted by Crippen LogP contribution is 2.24. The van der Waals surface area contributed by atoms with E-state index in [4.69, 9.17) is 0 Å². The van der Waals surface area contributed by atoms with Gasteiger partial charge in [0.1, 0.15) is 0 Å². The fraction of sp³-hybridized carbons (Fsp3) is 0.947. The van der Waals surface area contributed by atoms with Crippen LogP contribution in [0.2, 0.25) is 0 Å². The maximum Gasteiger partial charge on any atom is 0.222 e. The smallest absolute Gasteiger partial charge is 0.222 e. The van der Waals surface area contributed by atoms with Gasteiger partial charge in [0.15, 0.2) is 0 Å². The fourth-order valence-corrected chi connectivity index (χ4v) is 4.18. The Labute approximate surface area is 147 Å². The van der Waals surface area contributed by atoms with Crippen LogP contribution in [0.4, 0.5) is 0 Å². The summed E-state index contributed by atoms with van der Waals surface area (Å²) in [6.45, 7) is 10.0. The molecule has 140 valence electrons. The second-order valence-corrected chi connectivity index (χ2v) is 8.16. The Hall–Kier alpha value is -0.650. The zero-order chi connectivity index (χ0) is 17.5. The predicted molar refractivity (Wildman–Crippen MR) is 97.9 cm³/mol. The van der Waals surface area contributed by atoms with Gasteiger partial charge in [0.2, 0.25) is 5.91 Å². The van der Waals surface area contributed by atoms with Crippen molar-refractivity contribution in [3.05, 3.63) is 0 Å². The van der Waals surface area contributed by atoms with Crippen molar-refractivity contribution in [2.75, 3.05) is 46.3 Å². The van der Waals surface area contributed by atoms with Gasteiger partial charge in [-0.15, -0.1) is 0 Å². The SMILES string of the molecule is CC(O)CN1CCC(CN(C)C(=O)CC(C)C2CCCNC2)CC1. The highest BCUT2D eigenvalue weighted by molar-refractivity contribution is 5.76. The molecule has 24 heavy (non-hydrogen) atoms. The maximum atomic E-state index is 12.5. The molecule has 2 saturated heterocycles. The fourth-order valence-electron chi connectivity index (χ4n) is 4.18. The van der Waals surface area contributed by atoms with E-state index in [1.165, 1.54) is 12.8 Å². The lowest BCUT2D eigenvalue weighted by Crippen LogP contribution is -2.42. The molecule has 0 radical (unpaired) electrons. The standard InChI is InChI=1S/C19H37N3O2/c1-15(18-5-4-8-20-12-18)11-19(24)21(3)14-17-6-9-22(10-7-17)13-16(2)23/h15-18,20,23H,4-14H2,1-3H3. The first kappa shape index (κ1) is 19.7. The zero-order valence-electron chi connectivity index (χ0n) is 15.8. The molecule has 0 aliphatic carbocycles. The normalized spacial score (nSPS) is 26.1. The topological polar surface area (TPSA) is 55.8 Å². The molecule has 0 aromatic rings. The minimum Gasteiger partial charge on any atom is -0.392 e. The summed E-state index contributed by atoms with van der Waals surface area (Å²) < 4.78 is 0. The van der Waals surface area contributed by atoms with Crippen LogP contribution in [0.25, 0.3) is 0 Å². The summed E-state index contributed by atoms with van der Waals surface area (Å²) in [5, 5.41) is 12.9. The Kier molecular flexibility index (Phi) is 7.98. The third-order valence-corrected chi connectivity index (χ3v) is 5.82.